The van der Waals surface area contributed by atoms with E-state index in [-0.39, 0.29) is 0 Å². The van der Waals surface area contributed by atoms with Crippen molar-refractivity contribution in [3.05, 3.63) is 23.8 Å². The fraction of sp³-hybridized carbons (Fsp3) is 0.500. The smallest absolute Gasteiger partial charge is 0.0421 e. The molecule has 0 saturated heterocycles. The van der Waals surface area contributed by atoms with E-state index in [2.05, 4.69) is 17.0 Å². The third-order valence-electron chi connectivity index (χ3n) is 3.25. The van der Waals surface area contributed by atoms with Gasteiger partial charge >= 0.3 is 0 Å². The molecule has 0 atom stereocenters. The van der Waals surface area contributed by atoms with Gasteiger partial charge in [0, 0.05) is 24.0 Å². The van der Waals surface area contributed by atoms with Crippen LogP contribution in [0.25, 0.3) is 0 Å². The van der Waals surface area contributed by atoms with Crippen LogP contribution in [-0.4, -0.2) is 12.6 Å². The van der Waals surface area contributed by atoms with Crippen LogP contribution in [0, 0.1) is 0 Å². The zero-order valence-electron chi connectivity index (χ0n) is 8.37. The van der Waals surface area contributed by atoms with Crippen LogP contribution in [0.2, 0.25) is 0 Å². The van der Waals surface area contributed by atoms with Crippen molar-refractivity contribution >= 4 is 11.4 Å². The van der Waals surface area contributed by atoms with Gasteiger partial charge in [0.2, 0.25) is 0 Å². The van der Waals surface area contributed by atoms with Crippen molar-refractivity contribution in [3.8, 4) is 0 Å². The van der Waals surface area contributed by atoms with Crippen molar-refractivity contribution in [2.75, 3.05) is 17.2 Å². The van der Waals surface area contributed by atoms with Crippen LogP contribution in [0.1, 0.15) is 24.8 Å². The largest absolute Gasteiger partial charge is 0.399 e. The first-order chi connectivity index (χ1) is 6.84. The van der Waals surface area contributed by atoms with E-state index >= 15 is 0 Å². The maximum Gasteiger partial charge on any atom is 0.0421 e. The number of benzene rings is 1. The highest BCUT2D eigenvalue weighted by Gasteiger charge is 2.31. The van der Waals surface area contributed by atoms with Crippen LogP contribution in [-0.2, 0) is 6.42 Å². The zero-order chi connectivity index (χ0) is 9.54. The number of anilines is 2. The summed E-state index contributed by atoms with van der Waals surface area (Å²) in [6.07, 6.45) is 5.26. The number of hydrogen-bond donors (Lipinski definition) is 1. The van der Waals surface area contributed by atoms with Gasteiger partial charge in [0.1, 0.15) is 0 Å². The maximum absolute atomic E-state index is 5.84. The van der Waals surface area contributed by atoms with Crippen LogP contribution in [0.15, 0.2) is 18.2 Å². The molecule has 1 aliphatic carbocycles. The Labute approximate surface area is 84.7 Å². The number of hydrogen-bond acceptors (Lipinski definition) is 2. The lowest BCUT2D eigenvalue weighted by Gasteiger charge is -2.31. The van der Waals surface area contributed by atoms with Gasteiger partial charge in [-0.3, -0.25) is 0 Å². The first-order valence-electron chi connectivity index (χ1n) is 5.49. The molecule has 74 valence electrons. The summed E-state index contributed by atoms with van der Waals surface area (Å²) in [6.45, 7) is 1.22. The van der Waals surface area contributed by atoms with Crippen molar-refractivity contribution in [3.63, 3.8) is 0 Å². The molecule has 0 unspecified atom stereocenters. The van der Waals surface area contributed by atoms with Crippen LogP contribution in [0.5, 0.6) is 0 Å². The quantitative estimate of drug-likeness (QED) is 0.684. The predicted octanol–water partition coefficient (Wildman–Crippen LogP) is 2.18. The Balaban J connectivity index is 2.02. The van der Waals surface area contributed by atoms with E-state index in [1.165, 1.54) is 43.5 Å². The van der Waals surface area contributed by atoms with Crippen LogP contribution in [0.4, 0.5) is 11.4 Å². The summed E-state index contributed by atoms with van der Waals surface area (Å²) in [6, 6.07) is 7.18. The highest BCUT2D eigenvalue weighted by molar-refractivity contribution is 5.63. The molecule has 2 aliphatic rings. The normalized spacial score (nSPS) is 20.7. The lowest BCUT2D eigenvalue weighted by molar-refractivity contribution is 0.688. The zero-order valence-corrected chi connectivity index (χ0v) is 8.37. The minimum atomic E-state index is 0.816. The van der Waals surface area contributed by atoms with Gasteiger partial charge in [0.05, 0.1) is 0 Å². The van der Waals surface area contributed by atoms with Crippen molar-refractivity contribution in [2.45, 2.75) is 31.7 Å². The number of nitrogens with two attached hydrogens (primary N) is 1. The highest BCUT2D eigenvalue weighted by Crippen LogP contribution is 2.37. The maximum atomic E-state index is 5.84. The first-order valence-corrected chi connectivity index (χ1v) is 5.49. The highest BCUT2D eigenvalue weighted by atomic mass is 15.2. The summed E-state index contributed by atoms with van der Waals surface area (Å²) in [5.74, 6) is 0. The van der Waals surface area contributed by atoms with E-state index in [0.717, 1.165) is 11.7 Å². The Morgan fingerprint density at radius 1 is 1.29 bits per heavy atom. The van der Waals surface area contributed by atoms with Crippen LogP contribution in [0.3, 0.4) is 0 Å². The molecule has 0 amide bonds. The second-order valence-electron chi connectivity index (χ2n) is 4.42. The monoisotopic (exact) mass is 188 g/mol. The Morgan fingerprint density at radius 2 is 2.14 bits per heavy atom. The van der Waals surface area contributed by atoms with Gasteiger partial charge in [0.25, 0.3) is 0 Å². The van der Waals surface area contributed by atoms with Crippen molar-refractivity contribution in [2.24, 2.45) is 0 Å². The van der Waals surface area contributed by atoms with E-state index in [9.17, 15) is 0 Å². The predicted molar refractivity (Wildman–Crippen MR) is 59.5 cm³/mol. The summed E-state index contributed by atoms with van der Waals surface area (Å²) in [5, 5.41) is 0. The van der Waals surface area contributed by atoms with Crippen LogP contribution >= 0.6 is 0 Å². The molecule has 1 fully saturated rings. The van der Waals surface area contributed by atoms with Gasteiger partial charge in [-0.15, -0.1) is 0 Å². The van der Waals surface area contributed by atoms with Gasteiger partial charge in [-0.1, -0.05) is 6.07 Å². The second-order valence-corrected chi connectivity index (χ2v) is 4.42. The third kappa shape index (κ3) is 1.26. The number of nitrogens with zero attached hydrogens (tertiary/aromatic N) is 1. The molecule has 2 heteroatoms. The lowest BCUT2D eigenvalue weighted by Crippen LogP contribution is -2.31. The Hall–Kier alpha value is -1.18. The summed E-state index contributed by atoms with van der Waals surface area (Å²) in [5.41, 5.74) is 9.62. The van der Waals surface area contributed by atoms with Crippen molar-refractivity contribution in [1.82, 2.24) is 0 Å². The number of fused-ring (bicyclic) bond motifs is 1. The third-order valence-corrected chi connectivity index (χ3v) is 3.25. The number of nitrogen functional groups attached to an aromatic ring is 1. The molecule has 0 radical (unpaired) electrons. The molecule has 1 aromatic rings. The molecule has 1 aliphatic heterocycles. The van der Waals surface area contributed by atoms with Gasteiger partial charge < -0.3 is 10.6 Å². The fourth-order valence-electron chi connectivity index (χ4n) is 2.39. The molecular weight excluding hydrogens is 172 g/mol. The van der Waals surface area contributed by atoms with Crippen LogP contribution < -0.4 is 10.6 Å². The van der Waals surface area contributed by atoms with Gasteiger partial charge in [-0.05, 0) is 43.4 Å². The summed E-state index contributed by atoms with van der Waals surface area (Å²) in [4.78, 5) is 2.55. The molecule has 0 bridgehead atoms. The topological polar surface area (TPSA) is 29.3 Å². The molecule has 0 aromatic heterocycles. The Bertz CT molecular complexity index is 355. The second kappa shape index (κ2) is 2.91. The standard InChI is InChI=1S/C12H16N2/c13-10-4-3-9-2-1-7-14(11-5-6-11)12(9)8-10/h3-4,8,11H,1-2,5-7,13H2. The van der Waals surface area contributed by atoms with Gasteiger partial charge in [-0.25, -0.2) is 0 Å². The average Bonchev–Trinajstić information content (AvgIpc) is 3.00. The first kappa shape index (κ1) is 8.16. The van der Waals surface area contributed by atoms with E-state index < -0.39 is 0 Å². The molecule has 2 nitrogen and oxygen atoms in total. The summed E-state index contributed by atoms with van der Waals surface area (Å²) in [7, 11) is 0. The molecule has 14 heavy (non-hydrogen) atoms. The minimum Gasteiger partial charge on any atom is -0.399 e. The van der Waals surface area contributed by atoms with Gasteiger partial charge in [-0.2, -0.15) is 0 Å². The molecule has 0 spiro atoms. The van der Waals surface area contributed by atoms with E-state index in [4.69, 9.17) is 5.73 Å². The average molecular weight is 188 g/mol. The molecule has 1 aromatic carbocycles. The van der Waals surface area contributed by atoms with Crippen molar-refractivity contribution < 1.29 is 0 Å². The van der Waals surface area contributed by atoms with Gasteiger partial charge in [0.15, 0.2) is 0 Å². The molecule has 1 heterocycles. The Morgan fingerprint density at radius 3 is 2.93 bits per heavy atom. The number of aryl methyl sites for hydroxylation is 1. The lowest BCUT2D eigenvalue weighted by atomic mass is 10.0. The minimum absolute atomic E-state index is 0.816. The molecule has 3 rings (SSSR count). The summed E-state index contributed by atoms with van der Waals surface area (Å²) >= 11 is 0. The van der Waals surface area contributed by atoms with E-state index in [1.807, 2.05) is 6.07 Å². The SMILES string of the molecule is Nc1ccc2c(c1)N(C1CC1)CCC2. The van der Waals surface area contributed by atoms with Crippen molar-refractivity contribution in [1.29, 1.82) is 0 Å². The van der Waals surface area contributed by atoms with E-state index in [0.29, 0.717) is 0 Å². The molecule has 2 N–H and O–H groups in total. The summed E-state index contributed by atoms with van der Waals surface area (Å²) < 4.78 is 0. The number of rotatable bonds is 1. The fourth-order valence-corrected chi connectivity index (χ4v) is 2.39. The molecular formula is C12H16N2. The van der Waals surface area contributed by atoms with E-state index in [1.54, 1.807) is 0 Å². The Kier molecular flexibility index (Phi) is 1.69. The molecule has 1 saturated carbocycles.